The highest BCUT2D eigenvalue weighted by Crippen LogP contribution is 2.14. The minimum atomic E-state index is -0.231. The van der Waals surface area contributed by atoms with Crippen LogP contribution in [0.5, 0.6) is 0 Å². The second-order valence-electron chi connectivity index (χ2n) is 6.42. The fourth-order valence-corrected chi connectivity index (χ4v) is 3.10. The van der Waals surface area contributed by atoms with Gasteiger partial charge >= 0.3 is 0 Å². The summed E-state index contributed by atoms with van der Waals surface area (Å²) in [6, 6.07) is 3.87. The highest BCUT2D eigenvalue weighted by molar-refractivity contribution is 5.93. The summed E-state index contributed by atoms with van der Waals surface area (Å²) >= 11 is 0. The Kier molecular flexibility index (Phi) is 4.53. The highest BCUT2D eigenvalue weighted by atomic mass is 16.2. The van der Waals surface area contributed by atoms with E-state index in [1.807, 2.05) is 36.7 Å². The number of aromatic nitrogens is 2. The van der Waals surface area contributed by atoms with Gasteiger partial charge < -0.3 is 19.5 Å². The maximum Gasteiger partial charge on any atom is 0.274 e. The van der Waals surface area contributed by atoms with Gasteiger partial charge in [0.1, 0.15) is 11.3 Å². The molecule has 7 nitrogen and oxygen atoms in total. The topological polar surface area (TPSA) is 70.0 Å². The van der Waals surface area contributed by atoms with Crippen LogP contribution < -0.4 is 5.32 Å². The maximum absolute atomic E-state index is 12.9. The van der Waals surface area contributed by atoms with Crippen molar-refractivity contribution < 1.29 is 9.59 Å². The van der Waals surface area contributed by atoms with Gasteiger partial charge in [-0.2, -0.15) is 0 Å². The molecule has 1 N–H and O–H groups in total. The zero-order chi connectivity index (χ0) is 17.3. The van der Waals surface area contributed by atoms with E-state index in [-0.39, 0.29) is 17.7 Å². The number of hydrogen-bond acceptors (Lipinski definition) is 4. The lowest BCUT2D eigenvalue weighted by Crippen LogP contribution is -2.41. The van der Waals surface area contributed by atoms with Crippen molar-refractivity contribution in [2.24, 2.45) is 5.92 Å². The van der Waals surface area contributed by atoms with Crippen molar-refractivity contribution in [3.8, 4) is 0 Å². The van der Waals surface area contributed by atoms with Crippen LogP contribution in [0.2, 0.25) is 0 Å². The van der Waals surface area contributed by atoms with Gasteiger partial charge in [0.15, 0.2) is 0 Å². The van der Waals surface area contributed by atoms with Gasteiger partial charge in [-0.05, 0) is 25.6 Å². The lowest BCUT2D eigenvalue weighted by Gasteiger charge is -2.22. The van der Waals surface area contributed by atoms with Crippen LogP contribution in [-0.4, -0.2) is 71.3 Å². The number of amides is 2. The Hall–Kier alpha value is -2.41. The Labute approximate surface area is 141 Å². The molecule has 1 atom stereocenters. The van der Waals surface area contributed by atoms with Gasteiger partial charge in [0.2, 0.25) is 5.91 Å². The second-order valence-corrected chi connectivity index (χ2v) is 6.42. The van der Waals surface area contributed by atoms with Crippen LogP contribution in [0.1, 0.15) is 16.1 Å². The normalized spacial score (nSPS) is 19.3. The molecule has 0 aromatic carbocycles. The maximum atomic E-state index is 12.9. The third-order valence-corrected chi connectivity index (χ3v) is 4.45. The van der Waals surface area contributed by atoms with Gasteiger partial charge in [0, 0.05) is 45.6 Å². The summed E-state index contributed by atoms with van der Waals surface area (Å²) in [7, 11) is 3.60. The monoisotopic (exact) mass is 329 g/mol. The number of rotatable bonds is 2. The van der Waals surface area contributed by atoms with Gasteiger partial charge in [-0.1, -0.05) is 6.07 Å². The lowest BCUT2D eigenvalue weighted by atomic mass is 10.1. The van der Waals surface area contributed by atoms with Crippen LogP contribution in [0.4, 0.5) is 0 Å². The van der Waals surface area contributed by atoms with Gasteiger partial charge in [-0.25, -0.2) is 4.98 Å². The first kappa shape index (κ1) is 16.4. The number of aryl methyl sites for hydroxylation is 1. The molecule has 3 heterocycles. The highest BCUT2D eigenvalue weighted by Gasteiger charge is 2.29. The molecule has 0 bridgehead atoms. The largest absolute Gasteiger partial charge is 0.359 e. The van der Waals surface area contributed by atoms with E-state index in [2.05, 4.69) is 15.2 Å². The SMILES string of the molecule is CNC(=O)[C@@H]1CN(C)CCN(C(=O)c2cn3cc(C)ccc3n2)C1. The molecular formula is C17H23N5O2. The molecule has 2 aromatic rings. The first-order chi connectivity index (χ1) is 11.5. The third kappa shape index (κ3) is 3.26. The number of carbonyl (C=O) groups excluding carboxylic acids is 2. The zero-order valence-electron chi connectivity index (χ0n) is 14.3. The van der Waals surface area contributed by atoms with Gasteiger partial charge in [0.25, 0.3) is 5.91 Å². The van der Waals surface area contributed by atoms with E-state index < -0.39 is 0 Å². The molecule has 0 saturated carbocycles. The van der Waals surface area contributed by atoms with E-state index in [4.69, 9.17) is 0 Å². The van der Waals surface area contributed by atoms with Crippen LogP contribution in [-0.2, 0) is 4.79 Å². The minimum absolute atomic E-state index is 0.0350. The summed E-state index contributed by atoms with van der Waals surface area (Å²) in [6.07, 6.45) is 3.71. The van der Waals surface area contributed by atoms with Crippen LogP contribution in [0.3, 0.4) is 0 Å². The Bertz CT molecular complexity index is 769. The summed E-state index contributed by atoms with van der Waals surface area (Å²) in [5.41, 5.74) is 2.27. The molecule has 2 aromatic heterocycles. The van der Waals surface area contributed by atoms with E-state index >= 15 is 0 Å². The summed E-state index contributed by atoms with van der Waals surface area (Å²) in [6.45, 7) is 4.39. The number of hydrogen-bond donors (Lipinski definition) is 1. The van der Waals surface area contributed by atoms with Crippen molar-refractivity contribution in [2.75, 3.05) is 40.3 Å². The molecular weight excluding hydrogens is 306 g/mol. The van der Waals surface area contributed by atoms with Gasteiger partial charge in [0.05, 0.1) is 5.92 Å². The van der Waals surface area contributed by atoms with Crippen LogP contribution in [0.25, 0.3) is 5.65 Å². The zero-order valence-corrected chi connectivity index (χ0v) is 14.3. The van der Waals surface area contributed by atoms with Crippen molar-refractivity contribution >= 4 is 17.5 Å². The van der Waals surface area contributed by atoms with Crippen LogP contribution >= 0.6 is 0 Å². The third-order valence-electron chi connectivity index (χ3n) is 4.45. The molecule has 2 amide bonds. The number of carbonyl (C=O) groups is 2. The molecule has 24 heavy (non-hydrogen) atoms. The molecule has 7 heteroatoms. The smallest absolute Gasteiger partial charge is 0.274 e. The molecule has 0 aliphatic carbocycles. The molecule has 1 aliphatic heterocycles. The standard InChI is InChI=1S/C17H23N5O2/c1-12-4-5-15-19-14(11-22(15)8-12)17(24)21-7-6-20(3)9-13(10-21)16(23)18-2/h4-5,8,11,13H,6-7,9-10H2,1-3H3,(H,18,23)/t13-/m1/s1. The van der Waals surface area contributed by atoms with Crippen molar-refractivity contribution in [3.05, 3.63) is 35.8 Å². The number of fused-ring (bicyclic) bond motifs is 1. The fraction of sp³-hybridized carbons (Fsp3) is 0.471. The predicted octanol–water partition coefficient (Wildman–Crippen LogP) is 0.393. The first-order valence-electron chi connectivity index (χ1n) is 8.12. The molecule has 128 valence electrons. The second kappa shape index (κ2) is 6.60. The van der Waals surface area contributed by atoms with Crippen LogP contribution in [0, 0.1) is 12.8 Å². The van der Waals surface area contributed by atoms with Crippen molar-refractivity contribution in [1.82, 2.24) is 24.5 Å². The van der Waals surface area contributed by atoms with Gasteiger partial charge in [-0.3, -0.25) is 9.59 Å². The molecule has 1 aliphatic rings. The molecule has 3 rings (SSSR count). The number of likely N-dealkylation sites (N-methyl/N-ethyl adjacent to an activating group) is 1. The quantitative estimate of drug-likeness (QED) is 0.865. The fourth-order valence-electron chi connectivity index (χ4n) is 3.10. The molecule has 0 spiro atoms. The van der Waals surface area contributed by atoms with Crippen molar-refractivity contribution in [1.29, 1.82) is 0 Å². The number of nitrogens with zero attached hydrogens (tertiary/aromatic N) is 4. The minimum Gasteiger partial charge on any atom is -0.359 e. The Morgan fingerprint density at radius 3 is 2.75 bits per heavy atom. The van der Waals surface area contributed by atoms with E-state index in [1.54, 1.807) is 18.1 Å². The first-order valence-corrected chi connectivity index (χ1v) is 8.12. The molecule has 1 fully saturated rings. The summed E-state index contributed by atoms with van der Waals surface area (Å²) < 4.78 is 1.86. The van der Waals surface area contributed by atoms with E-state index in [9.17, 15) is 9.59 Å². The average molecular weight is 329 g/mol. The van der Waals surface area contributed by atoms with E-state index in [1.165, 1.54) is 0 Å². The summed E-state index contributed by atoms with van der Waals surface area (Å²) in [4.78, 5) is 33.2. The Morgan fingerprint density at radius 2 is 2.00 bits per heavy atom. The molecule has 0 unspecified atom stereocenters. The molecule has 0 radical (unpaired) electrons. The number of nitrogens with one attached hydrogen (secondary N) is 1. The Balaban J connectivity index is 1.84. The lowest BCUT2D eigenvalue weighted by molar-refractivity contribution is -0.125. The summed E-state index contributed by atoms with van der Waals surface area (Å²) in [5, 5.41) is 2.69. The molecule has 1 saturated heterocycles. The van der Waals surface area contributed by atoms with Gasteiger partial charge in [-0.15, -0.1) is 0 Å². The van der Waals surface area contributed by atoms with E-state index in [0.29, 0.717) is 25.3 Å². The van der Waals surface area contributed by atoms with Crippen molar-refractivity contribution in [2.45, 2.75) is 6.92 Å². The van der Waals surface area contributed by atoms with Crippen molar-refractivity contribution in [3.63, 3.8) is 0 Å². The predicted molar refractivity (Wildman–Crippen MR) is 90.9 cm³/mol. The van der Waals surface area contributed by atoms with E-state index in [0.717, 1.165) is 17.8 Å². The number of pyridine rings is 1. The Morgan fingerprint density at radius 1 is 1.21 bits per heavy atom. The number of imidazole rings is 1. The average Bonchev–Trinajstić information content (AvgIpc) is 2.88. The van der Waals surface area contributed by atoms with Crippen LogP contribution in [0.15, 0.2) is 24.5 Å². The summed E-state index contributed by atoms with van der Waals surface area (Å²) in [5.74, 6) is -0.390.